The summed E-state index contributed by atoms with van der Waals surface area (Å²) < 4.78 is 7.29. The Hall–Kier alpha value is -1.89. The molecule has 3 aromatic rings. The van der Waals surface area contributed by atoms with Gasteiger partial charge in [0.15, 0.2) is 0 Å². The number of hydrogen-bond donors (Lipinski definition) is 1. The Labute approximate surface area is 190 Å². The minimum absolute atomic E-state index is 0.122. The van der Waals surface area contributed by atoms with Crippen LogP contribution in [0.4, 0.5) is 0 Å². The van der Waals surface area contributed by atoms with Gasteiger partial charge in [0.25, 0.3) is 5.56 Å². The van der Waals surface area contributed by atoms with E-state index in [-0.39, 0.29) is 10.4 Å². The van der Waals surface area contributed by atoms with E-state index in [2.05, 4.69) is 26.2 Å². The largest absolute Gasteiger partial charge is 0.492 e. The predicted molar refractivity (Wildman–Crippen MR) is 128 cm³/mol. The third-order valence-electron chi connectivity index (χ3n) is 4.83. The van der Waals surface area contributed by atoms with E-state index in [1.165, 1.54) is 32.4 Å². The second-order valence-electron chi connectivity index (χ2n) is 7.10. The molecule has 1 N–H and O–H groups in total. The lowest BCUT2D eigenvalue weighted by Gasteiger charge is -2.18. The fourth-order valence-electron chi connectivity index (χ4n) is 3.40. The number of hydrogen-bond acceptors (Lipinski definition) is 4. The number of aromatic nitrogens is 2. The first-order valence-electron chi connectivity index (χ1n) is 10.3. The summed E-state index contributed by atoms with van der Waals surface area (Å²) in [4.78, 5) is 17.7. The molecule has 1 unspecified atom stereocenters. The van der Waals surface area contributed by atoms with Gasteiger partial charge < -0.3 is 10.1 Å². The molecule has 1 aliphatic rings. The number of nitrogens with one attached hydrogen (secondary N) is 1. The highest BCUT2D eigenvalue weighted by Gasteiger charge is 2.18. The zero-order valence-corrected chi connectivity index (χ0v) is 19.7. The van der Waals surface area contributed by atoms with Gasteiger partial charge in [-0.25, -0.2) is 4.98 Å². The Morgan fingerprint density at radius 1 is 1.20 bits per heavy atom. The highest BCUT2D eigenvalue weighted by atomic mass is 79.9. The summed E-state index contributed by atoms with van der Waals surface area (Å²) in [5, 5.41) is 4.35. The Balaban J connectivity index is 0.000000367. The van der Waals surface area contributed by atoms with E-state index in [0.717, 1.165) is 0 Å². The smallest absolute Gasteiger partial charge is 0.266 e. The van der Waals surface area contributed by atoms with Gasteiger partial charge in [-0.15, -0.1) is 0 Å². The van der Waals surface area contributed by atoms with Gasteiger partial charge in [-0.05, 0) is 70.1 Å². The molecule has 4 rings (SSSR count). The molecule has 5 nitrogen and oxygen atoms in total. The third-order valence-corrected chi connectivity index (χ3v) is 5.47. The molecular weight excluding hydrogens is 466 g/mol. The van der Waals surface area contributed by atoms with E-state index < -0.39 is 0 Å². The summed E-state index contributed by atoms with van der Waals surface area (Å²) in [6.45, 7) is 6.85. The summed E-state index contributed by atoms with van der Waals surface area (Å²) in [7, 11) is 0. The Bertz CT molecular complexity index is 1040. The molecule has 1 saturated heterocycles. The van der Waals surface area contributed by atoms with E-state index in [9.17, 15) is 4.79 Å². The zero-order valence-electron chi connectivity index (χ0n) is 17.3. The molecule has 0 saturated carbocycles. The predicted octanol–water partition coefficient (Wildman–Crippen LogP) is 5.65. The van der Waals surface area contributed by atoms with Gasteiger partial charge in [0.2, 0.25) is 0 Å². The van der Waals surface area contributed by atoms with Crippen LogP contribution in [0.1, 0.15) is 43.8 Å². The Morgan fingerprint density at radius 3 is 2.53 bits per heavy atom. The average Bonchev–Trinajstić information content (AvgIpc) is 2.76. The van der Waals surface area contributed by atoms with Crippen LogP contribution in [-0.4, -0.2) is 29.2 Å². The lowest BCUT2D eigenvalue weighted by Crippen LogP contribution is -2.24. The van der Waals surface area contributed by atoms with Crippen LogP contribution in [0.25, 0.3) is 16.6 Å². The van der Waals surface area contributed by atoms with Gasteiger partial charge in [-0.3, -0.25) is 9.36 Å². The molecule has 1 atom stereocenters. The summed E-state index contributed by atoms with van der Waals surface area (Å²) in [5.41, 5.74) is 1.11. The monoisotopic (exact) mass is 491 g/mol. The highest BCUT2D eigenvalue weighted by Crippen LogP contribution is 2.28. The molecule has 160 valence electrons. The van der Waals surface area contributed by atoms with Crippen LogP contribution in [0, 0.1) is 0 Å². The summed E-state index contributed by atoms with van der Waals surface area (Å²) in [5.74, 6) is 1.24. The fraction of sp³-hybridized carbons (Fsp3) is 0.391. The van der Waals surface area contributed by atoms with Gasteiger partial charge in [0.05, 0.1) is 28.0 Å². The van der Waals surface area contributed by atoms with Crippen LogP contribution in [0.5, 0.6) is 5.75 Å². The molecule has 0 amide bonds. The maximum absolute atomic E-state index is 13.1. The number of halogens is 2. The van der Waals surface area contributed by atoms with E-state index >= 15 is 0 Å². The molecule has 30 heavy (non-hydrogen) atoms. The summed E-state index contributed by atoms with van der Waals surface area (Å²) >= 11 is 9.58. The van der Waals surface area contributed by atoms with Crippen molar-refractivity contribution in [3.63, 3.8) is 0 Å². The van der Waals surface area contributed by atoms with Gasteiger partial charge in [-0.2, -0.15) is 0 Å². The van der Waals surface area contributed by atoms with Crippen molar-refractivity contribution in [3.8, 4) is 11.4 Å². The molecule has 1 fully saturated rings. The molecule has 2 heterocycles. The van der Waals surface area contributed by atoms with Gasteiger partial charge in [0, 0.05) is 5.02 Å². The minimum Gasteiger partial charge on any atom is -0.492 e. The third kappa shape index (κ3) is 5.42. The average molecular weight is 493 g/mol. The van der Waals surface area contributed by atoms with Crippen molar-refractivity contribution in [2.75, 3.05) is 19.7 Å². The SMILES string of the molecule is C1CCNCC1.CCOc1ccccc1-n1c(C(C)Br)nc2cc(Cl)ccc2c1=O. The molecular formula is C23H27BrClN3O2. The van der Waals surface area contributed by atoms with Crippen molar-refractivity contribution in [1.29, 1.82) is 0 Å². The number of alkyl halides is 1. The van der Waals surface area contributed by atoms with Crippen LogP contribution in [0.3, 0.4) is 0 Å². The maximum atomic E-state index is 13.1. The van der Waals surface area contributed by atoms with E-state index in [4.69, 9.17) is 16.3 Å². The highest BCUT2D eigenvalue weighted by molar-refractivity contribution is 9.09. The molecule has 1 aromatic heterocycles. The minimum atomic E-state index is -0.148. The lowest BCUT2D eigenvalue weighted by molar-refractivity contribution is 0.338. The van der Waals surface area contributed by atoms with E-state index in [1.54, 1.807) is 22.8 Å². The number of fused-ring (bicyclic) bond motifs is 1. The van der Waals surface area contributed by atoms with Crippen LogP contribution in [0.15, 0.2) is 47.3 Å². The maximum Gasteiger partial charge on any atom is 0.266 e. The van der Waals surface area contributed by atoms with Crippen LogP contribution in [-0.2, 0) is 0 Å². The molecule has 0 spiro atoms. The quantitative estimate of drug-likeness (QED) is 0.478. The topological polar surface area (TPSA) is 56.1 Å². The van der Waals surface area contributed by atoms with Gasteiger partial charge in [-0.1, -0.05) is 46.1 Å². The summed E-state index contributed by atoms with van der Waals surface area (Å²) in [6, 6.07) is 12.6. The fourth-order valence-corrected chi connectivity index (χ4v) is 3.87. The van der Waals surface area contributed by atoms with E-state index in [0.29, 0.717) is 39.8 Å². The van der Waals surface area contributed by atoms with Crippen LogP contribution >= 0.6 is 27.5 Å². The molecule has 0 radical (unpaired) electrons. The number of nitrogens with zero attached hydrogens (tertiary/aromatic N) is 2. The molecule has 2 aromatic carbocycles. The van der Waals surface area contributed by atoms with Crippen molar-refractivity contribution in [1.82, 2.24) is 14.9 Å². The normalized spacial score (nSPS) is 14.7. The van der Waals surface area contributed by atoms with E-state index in [1.807, 2.05) is 38.1 Å². The molecule has 0 bridgehead atoms. The van der Waals surface area contributed by atoms with Gasteiger partial charge >= 0.3 is 0 Å². The number of piperidine rings is 1. The first-order chi connectivity index (χ1) is 14.5. The molecule has 0 aliphatic carbocycles. The van der Waals surface area contributed by atoms with Crippen molar-refractivity contribution in [3.05, 3.63) is 63.7 Å². The summed E-state index contributed by atoms with van der Waals surface area (Å²) in [6.07, 6.45) is 4.22. The van der Waals surface area contributed by atoms with Crippen molar-refractivity contribution < 1.29 is 4.74 Å². The first kappa shape index (κ1) is 22.8. The lowest BCUT2D eigenvalue weighted by atomic mass is 10.2. The second-order valence-corrected chi connectivity index (χ2v) is 8.91. The number of rotatable bonds is 4. The van der Waals surface area contributed by atoms with Crippen molar-refractivity contribution in [2.45, 2.75) is 37.9 Å². The van der Waals surface area contributed by atoms with Crippen molar-refractivity contribution in [2.24, 2.45) is 0 Å². The molecule has 1 aliphatic heterocycles. The van der Waals surface area contributed by atoms with Gasteiger partial charge in [0.1, 0.15) is 11.6 Å². The zero-order chi connectivity index (χ0) is 21.5. The standard InChI is InChI=1S/C18H16BrClN2O2.C5H11N/c1-3-24-16-7-5-4-6-15(16)22-17(11(2)19)21-14-10-12(20)8-9-13(14)18(22)23;1-2-4-6-5-3-1/h4-11H,3H2,1-2H3;6H,1-5H2. The first-order valence-corrected chi connectivity index (χ1v) is 11.6. The Kier molecular flexibility index (Phi) is 8.31. The van der Waals surface area contributed by atoms with Crippen LogP contribution < -0.4 is 15.6 Å². The number of ether oxygens (including phenoxy) is 1. The molecule has 7 heteroatoms. The number of para-hydroxylation sites is 2. The van der Waals surface area contributed by atoms with Crippen LogP contribution in [0.2, 0.25) is 5.02 Å². The van der Waals surface area contributed by atoms with Crippen molar-refractivity contribution >= 4 is 38.4 Å². The Morgan fingerprint density at radius 2 is 1.93 bits per heavy atom. The number of benzene rings is 2. The second kappa shape index (κ2) is 10.9.